The van der Waals surface area contributed by atoms with E-state index in [-0.39, 0.29) is 30.1 Å². The fourth-order valence-corrected chi connectivity index (χ4v) is 10.2. The first-order chi connectivity index (χ1) is 28.1. The Morgan fingerprint density at radius 2 is 1.52 bits per heavy atom. The molecule has 0 aromatic heterocycles. The third-order valence-electron chi connectivity index (χ3n) is 13.5. The average molecular weight is 797 g/mol. The van der Waals surface area contributed by atoms with Gasteiger partial charge in [0.15, 0.2) is 0 Å². The number of imide groups is 2. The van der Waals surface area contributed by atoms with Crippen LogP contribution in [0.25, 0.3) is 0 Å². The summed E-state index contributed by atoms with van der Waals surface area (Å²) in [6.07, 6.45) is 7.53. The Morgan fingerprint density at radius 3 is 2.16 bits per heavy atom. The monoisotopic (exact) mass is 796 g/mol. The smallest absolute Gasteiger partial charge is 0.262 e. The van der Waals surface area contributed by atoms with Crippen LogP contribution in [0.2, 0.25) is 5.02 Å². The van der Waals surface area contributed by atoms with E-state index in [0.29, 0.717) is 39.1 Å². The number of benzene rings is 3. The summed E-state index contributed by atoms with van der Waals surface area (Å²) in [5.41, 5.74) is 6.13. The Balaban J connectivity index is 0.724. The minimum Gasteiger partial charge on any atom is -0.371 e. The van der Waals surface area contributed by atoms with Crippen LogP contribution in [0.5, 0.6) is 0 Å². The summed E-state index contributed by atoms with van der Waals surface area (Å²) in [5.74, 6) is 5.93. The van der Waals surface area contributed by atoms with E-state index >= 15 is 0 Å². The van der Waals surface area contributed by atoms with Gasteiger partial charge in [-0.3, -0.25) is 39.1 Å². The van der Waals surface area contributed by atoms with E-state index in [2.05, 4.69) is 33.0 Å². The SMILES string of the molecule is N#Cc1ccc(N2CCC3(CCN(C(=O)c4ccc(C#C[C@H]5CC[C@H](CN6Cc7cc8c(cc7C6)C(=O)N(C6CCC(=O)NC6=O)C8=O)CC5)cc4)CC3)C2)cc1Cl. The Labute approximate surface area is 343 Å². The van der Waals surface area contributed by atoms with Gasteiger partial charge in [-0.2, -0.15) is 5.26 Å². The van der Waals surface area contributed by atoms with Crippen molar-refractivity contribution < 1.29 is 24.0 Å². The number of amides is 5. The van der Waals surface area contributed by atoms with Crippen molar-refractivity contribution >= 4 is 46.8 Å². The van der Waals surface area contributed by atoms with Crippen molar-refractivity contribution in [3.8, 4) is 17.9 Å². The number of halogens is 1. The van der Waals surface area contributed by atoms with Crippen LogP contribution in [-0.2, 0) is 22.7 Å². The number of rotatable bonds is 5. The lowest BCUT2D eigenvalue weighted by Crippen LogP contribution is -2.54. The zero-order chi connectivity index (χ0) is 40.1. The first-order valence-electron chi connectivity index (χ1n) is 20.5. The largest absolute Gasteiger partial charge is 0.371 e. The van der Waals surface area contributed by atoms with Crippen LogP contribution < -0.4 is 10.2 Å². The Bertz CT molecular complexity index is 2280. The second-order valence-corrected chi connectivity index (χ2v) is 17.5. The third-order valence-corrected chi connectivity index (χ3v) is 13.8. The molecule has 4 fully saturated rings. The van der Waals surface area contributed by atoms with Gasteiger partial charge in [-0.05, 0) is 128 Å². The molecule has 1 N–H and O–H groups in total. The molecule has 0 radical (unpaired) electrons. The Kier molecular flexibility index (Phi) is 10.1. The standard InChI is InChI=1S/C46H45ClN6O5/c47-39-23-36(12-11-33(39)24-48)52-20-17-46(28-52)15-18-51(19-16-46)43(56)32-9-7-30(8-10-32)2-1-29-3-5-31(6-4-29)25-50-26-34-21-37-38(22-35(34)27-50)45(58)53(44(37)57)40-13-14-41(54)49-42(40)55/h7-12,21-23,29,31,40H,3-6,13-20,25-28H2,(H,49,54,55)/t29-,31-,40?. The van der Waals surface area contributed by atoms with Crippen molar-refractivity contribution in [2.75, 3.05) is 37.6 Å². The molecule has 5 heterocycles. The van der Waals surface area contributed by atoms with Gasteiger partial charge in [-0.25, -0.2) is 0 Å². The summed E-state index contributed by atoms with van der Waals surface area (Å²) >= 11 is 6.31. The summed E-state index contributed by atoms with van der Waals surface area (Å²) in [4.78, 5) is 71.9. The van der Waals surface area contributed by atoms with Gasteiger partial charge in [0.25, 0.3) is 17.7 Å². The van der Waals surface area contributed by atoms with E-state index in [4.69, 9.17) is 11.6 Å². The molecule has 5 amide bonds. The van der Waals surface area contributed by atoms with Crippen molar-refractivity contribution in [2.45, 2.75) is 76.9 Å². The maximum atomic E-state index is 13.5. The molecule has 1 saturated carbocycles. The van der Waals surface area contributed by atoms with Crippen LogP contribution >= 0.6 is 11.6 Å². The summed E-state index contributed by atoms with van der Waals surface area (Å²) in [6.45, 7) is 5.75. The molecule has 6 aliphatic rings. The summed E-state index contributed by atoms with van der Waals surface area (Å²) < 4.78 is 0. The number of piperidine rings is 2. The van der Waals surface area contributed by atoms with E-state index < -0.39 is 23.8 Å². The number of fused-ring (bicyclic) bond motifs is 2. The number of likely N-dealkylation sites (tertiary alicyclic amines) is 1. The third kappa shape index (κ3) is 7.27. The molecule has 12 heteroatoms. The van der Waals surface area contributed by atoms with Gasteiger partial charge in [0, 0.05) is 75.0 Å². The number of nitrogens with zero attached hydrogens (tertiary/aromatic N) is 5. The molecule has 3 aromatic rings. The fraction of sp³-hybridized carbons (Fsp3) is 0.435. The van der Waals surface area contributed by atoms with Gasteiger partial charge in [-0.15, -0.1) is 0 Å². The Hall–Kier alpha value is -5.49. The molecule has 1 atom stereocenters. The minimum absolute atomic E-state index is 0.0741. The molecule has 9 rings (SSSR count). The molecule has 1 aliphatic carbocycles. The molecular formula is C46H45ClN6O5. The summed E-state index contributed by atoms with van der Waals surface area (Å²) in [7, 11) is 0. The lowest BCUT2D eigenvalue weighted by atomic mass is 9.77. The van der Waals surface area contributed by atoms with E-state index in [9.17, 15) is 29.2 Å². The van der Waals surface area contributed by atoms with Crippen LogP contribution in [0.15, 0.2) is 54.6 Å². The Morgan fingerprint density at radius 1 is 0.845 bits per heavy atom. The molecule has 0 bridgehead atoms. The van der Waals surface area contributed by atoms with Crippen LogP contribution in [0.1, 0.15) is 111 Å². The van der Waals surface area contributed by atoms with Crippen molar-refractivity contribution in [2.24, 2.45) is 17.3 Å². The zero-order valence-corrected chi connectivity index (χ0v) is 33.2. The normalized spacial score (nSPS) is 24.0. The van der Waals surface area contributed by atoms with E-state index in [1.165, 1.54) is 0 Å². The van der Waals surface area contributed by atoms with Crippen LogP contribution in [0.3, 0.4) is 0 Å². The van der Waals surface area contributed by atoms with E-state index in [0.717, 1.165) is 118 Å². The predicted octanol–water partition coefficient (Wildman–Crippen LogP) is 5.92. The summed E-state index contributed by atoms with van der Waals surface area (Å²) in [6, 6.07) is 18.2. The fourth-order valence-electron chi connectivity index (χ4n) is 10.0. The van der Waals surface area contributed by atoms with Gasteiger partial charge in [0.2, 0.25) is 11.8 Å². The van der Waals surface area contributed by atoms with E-state index in [1.807, 2.05) is 53.4 Å². The molecule has 3 aromatic carbocycles. The molecule has 1 unspecified atom stereocenters. The van der Waals surface area contributed by atoms with Gasteiger partial charge < -0.3 is 9.80 Å². The zero-order valence-electron chi connectivity index (χ0n) is 32.4. The first kappa shape index (κ1) is 38.1. The lowest BCUT2D eigenvalue weighted by Gasteiger charge is -2.39. The second-order valence-electron chi connectivity index (χ2n) is 17.1. The highest BCUT2D eigenvalue weighted by molar-refractivity contribution is 6.32. The molecule has 3 saturated heterocycles. The average Bonchev–Trinajstić information content (AvgIpc) is 3.90. The topological polar surface area (TPSA) is 134 Å². The molecule has 296 valence electrons. The van der Waals surface area contributed by atoms with Crippen molar-refractivity contribution in [3.63, 3.8) is 0 Å². The van der Waals surface area contributed by atoms with Crippen molar-refractivity contribution in [1.82, 2.24) is 20.0 Å². The van der Waals surface area contributed by atoms with Crippen molar-refractivity contribution in [3.05, 3.63) is 98.6 Å². The number of carbonyl (C=O) groups is 5. The molecule has 58 heavy (non-hydrogen) atoms. The van der Waals surface area contributed by atoms with Gasteiger partial charge in [0.1, 0.15) is 12.1 Å². The predicted molar refractivity (Wildman–Crippen MR) is 217 cm³/mol. The maximum absolute atomic E-state index is 13.5. The number of carbonyl (C=O) groups excluding carboxylic acids is 5. The quantitative estimate of drug-likeness (QED) is 0.249. The number of hydrogen-bond acceptors (Lipinski definition) is 8. The van der Waals surface area contributed by atoms with Gasteiger partial charge in [-0.1, -0.05) is 23.4 Å². The number of hydrogen-bond donors (Lipinski definition) is 1. The van der Waals surface area contributed by atoms with Crippen LogP contribution in [0.4, 0.5) is 5.69 Å². The molecule has 1 spiro atoms. The highest BCUT2D eigenvalue weighted by Gasteiger charge is 2.46. The molecule has 11 nitrogen and oxygen atoms in total. The van der Waals surface area contributed by atoms with E-state index in [1.54, 1.807) is 6.07 Å². The summed E-state index contributed by atoms with van der Waals surface area (Å²) in [5, 5.41) is 12.0. The minimum atomic E-state index is -0.957. The highest BCUT2D eigenvalue weighted by Crippen LogP contribution is 2.43. The first-order valence-corrected chi connectivity index (χ1v) is 20.9. The lowest BCUT2D eigenvalue weighted by molar-refractivity contribution is -0.136. The van der Waals surface area contributed by atoms with Crippen LogP contribution in [-0.4, -0.2) is 83.0 Å². The molecule has 5 aliphatic heterocycles. The maximum Gasteiger partial charge on any atom is 0.262 e. The highest BCUT2D eigenvalue weighted by atomic mass is 35.5. The van der Waals surface area contributed by atoms with Crippen molar-refractivity contribution in [1.29, 1.82) is 5.26 Å². The second kappa shape index (κ2) is 15.4. The molecular weight excluding hydrogens is 752 g/mol. The van der Waals surface area contributed by atoms with Gasteiger partial charge in [0.05, 0.1) is 21.7 Å². The van der Waals surface area contributed by atoms with Gasteiger partial charge >= 0.3 is 0 Å². The number of anilines is 1. The number of nitrogens with one attached hydrogen (secondary N) is 1. The van der Waals surface area contributed by atoms with Crippen LogP contribution in [0, 0.1) is 40.4 Å². The number of nitriles is 1.